The molecule has 3 nitrogen and oxygen atoms in total. The summed E-state index contributed by atoms with van der Waals surface area (Å²) in [5, 5.41) is 10.9. The van der Waals surface area contributed by atoms with Crippen LogP contribution in [0.1, 0.15) is 0 Å². The van der Waals surface area contributed by atoms with Gasteiger partial charge >= 0.3 is 0 Å². The van der Waals surface area contributed by atoms with E-state index in [2.05, 4.69) is 5.32 Å². The van der Waals surface area contributed by atoms with Crippen LogP contribution in [0.15, 0.2) is 0 Å². The zero-order valence-corrected chi connectivity index (χ0v) is 4.98. The molecule has 0 amide bonds. The maximum Gasteiger partial charge on any atom is 0.0841 e. The molecule has 0 atom stereocenters. The lowest BCUT2D eigenvalue weighted by Crippen LogP contribution is -2.18. The van der Waals surface area contributed by atoms with Crippen LogP contribution >= 0.6 is 0 Å². The molecule has 0 heterocycles. The first-order valence-electron chi connectivity index (χ1n) is 2.48. The highest BCUT2D eigenvalue weighted by atomic mass is 16.5. The van der Waals surface area contributed by atoms with Crippen LogP contribution in [0.25, 0.3) is 0 Å². The van der Waals surface area contributed by atoms with Gasteiger partial charge in [-0.15, -0.1) is 0 Å². The lowest BCUT2D eigenvalue weighted by atomic mass is 10.6. The Labute approximate surface area is 49.3 Å². The molecular weight excluding hydrogens is 104 g/mol. The van der Waals surface area contributed by atoms with E-state index in [1.165, 1.54) is 0 Å². The number of methoxy groups -OCH3 is 1. The third kappa shape index (κ3) is 5.41. The van der Waals surface area contributed by atoms with E-state index < -0.39 is 0 Å². The predicted octanol–water partition coefficient (Wildman–Crippen LogP) is -0.254. The molecule has 0 aliphatic heterocycles. The number of hydrogen-bond acceptors (Lipinski definition) is 3. The molecule has 0 spiro atoms. The fraction of sp³-hybridized carbons (Fsp3) is 0.800. The molecule has 0 saturated carbocycles. The summed E-state index contributed by atoms with van der Waals surface area (Å²) in [4.78, 5) is 0. The molecular formula is C5H10N2O. The van der Waals surface area contributed by atoms with Crippen LogP contribution in [-0.4, -0.2) is 26.8 Å². The predicted molar refractivity (Wildman–Crippen MR) is 30.4 cm³/mol. The van der Waals surface area contributed by atoms with Crippen LogP contribution in [-0.2, 0) is 4.74 Å². The number of nitrogens with zero attached hydrogens (tertiary/aromatic N) is 1. The number of ether oxygens (including phenoxy) is 1. The molecule has 0 rings (SSSR count). The minimum absolute atomic E-state index is 0.406. The molecule has 8 heavy (non-hydrogen) atoms. The Morgan fingerprint density at radius 3 is 3.00 bits per heavy atom. The second kappa shape index (κ2) is 6.41. The summed E-state index contributed by atoms with van der Waals surface area (Å²) in [6.07, 6.45) is 0. The lowest BCUT2D eigenvalue weighted by molar-refractivity contribution is 0.200. The molecule has 0 bridgehead atoms. The van der Waals surface area contributed by atoms with Gasteiger partial charge < -0.3 is 10.1 Å². The van der Waals surface area contributed by atoms with Crippen LogP contribution < -0.4 is 5.32 Å². The van der Waals surface area contributed by atoms with Crippen molar-refractivity contribution in [3.8, 4) is 6.07 Å². The van der Waals surface area contributed by atoms with Crippen LogP contribution in [0.2, 0.25) is 0 Å². The average Bonchev–Trinajstić information content (AvgIpc) is 1.81. The molecule has 3 heteroatoms. The summed E-state index contributed by atoms with van der Waals surface area (Å²) < 4.78 is 4.72. The van der Waals surface area contributed by atoms with Gasteiger partial charge in [0.25, 0.3) is 0 Å². The average molecular weight is 114 g/mol. The summed E-state index contributed by atoms with van der Waals surface area (Å²) in [5.74, 6) is 0. The maximum absolute atomic E-state index is 8.01. The van der Waals surface area contributed by atoms with E-state index in [1.54, 1.807) is 7.11 Å². The minimum Gasteiger partial charge on any atom is -0.383 e. The molecule has 0 aliphatic rings. The molecule has 0 unspecified atom stereocenters. The lowest BCUT2D eigenvalue weighted by Gasteiger charge is -1.95. The van der Waals surface area contributed by atoms with Crippen molar-refractivity contribution in [1.82, 2.24) is 5.32 Å². The van der Waals surface area contributed by atoms with Crippen LogP contribution in [0, 0.1) is 11.3 Å². The Bertz CT molecular complexity index is 77.0. The van der Waals surface area contributed by atoms with Crippen LogP contribution in [0.4, 0.5) is 0 Å². The highest BCUT2D eigenvalue weighted by Gasteiger charge is 1.79. The standard InChI is InChI=1S/C5H10N2O/c1-8-5-4-7-3-2-6/h7H,3-5H2,1H3. The van der Waals surface area contributed by atoms with Crippen LogP contribution in [0.3, 0.4) is 0 Å². The molecule has 0 aliphatic carbocycles. The Morgan fingerprint density at radius 1 is 1.75 bits per heavy atom. The largest absolute Gasteiger partial charge is 0.383 e. The second-order valence-electron chi connectivity index (χ2n) is 1.33. The quantitative estimate of drug-likeness (QED) is 0.405. The molecule has 46 valence electrons. The van der Waals surface area contributed by atoms with Gasteiger partial charge in [-0.25, -0.2) is 0 Å². The van der Waals surface area contributed by atoms with Gasteiger partial charge in [-0.3, -0.25) is 0 Å². The Morgan fingerprint density at radius 2 is 2.50 bits per heavy atom. The van der Waals surface area contributed by atoms with E-state index in [-0.39, 0.29) is 0 Å². The summed E-state index contributed by atoms with van der Waals surface area (Å²) >= 11 is 0. The first-order chi connectivity index (χ1) is 3.91. The van der Waals surface area contributed by atoms with E-state index in [1.807, 2.05) is 6.07 Å². The summed E-state index contributed by atoms with van der Waals surface area (Å²) in [6, 6.07) is 1.96. The van der Waals surface area contributed by atoms with Gasteiger partial charge in [0.15, 0.2) is 0 Å². The molecule has 1 N–H and O–H groups in total. The SMILES string of the molecule is COCCNCC#N. The molecule has 0 aromatic heterocycles. The zero-order valence-electron chi connectivity index (χ0n) is 4.98. The van der Waals surface area contributed by atoms with Crippen molar-refractivity contribution >= 4 is 0 Å². The Hall–Kier alpha value is -0.590. The van der Waals surface area contributed by atoms with Gasteiger partial charge in [0, 0.05) is 13.7 Å². The minimum atomic E-state index is 0.406. The maximum atomic E-state index is 8.01. The number of nitrogens with one attached hydrogen (secondary N) is 1. The van der Waals surface area contributed by atoms with Crippen molar-refractivity contribution in [2.45, 2.75) is 0 Å². The second-order valence-corrected chi connectivity index (χ2v) is 1.33. The van der Waals surface area contributed by atoms with E-state index in [0.29, 0.717) is 13.2 Å². The summed E-state index contributed by atoms with van der Waals surface area (Å²) in [6.45, 7) is 1.83. The molecule has 0 aromatic carbocycles. The monoisotopic (exact) mass is 114 g/mol. The molecule has 0 fully saturated rings. The van der Waals surface area contributed by atoms with Crippen molar-refractivity contribution in [2.75, 3.05) is 26.8 Å². The third-order valence-corrected chi connectivity index (χ3v) is 0.687. The highest BCUT2D eigenvalue weighted by molar-refractivity contribution is 4.71. The van der Waals surface area contributed by atoms with Crippen LogP contribution in [0.5, 0.6) is 0 Å². The Balaban J connectivity index is 2.65. The zero-order chi connectivity index (χ0) is 6.24. The van der Waals surface area contributed by atoms with Crippen molar-refractivity contribution in [1.29, 1.82) is 5.26 Å². The van der Waals surface area contributed by atoms with E-state index in [9.17, 15) is 0 Å². The first kappa shape index (κ1) is 7.41. The van der Waals surface area contributed by atoms with Gasteiger partial charge in [-0.2, -0.15) is 5.26 Å². The van der Waals surface area contributed by atoms with Crippen molar-refractivity contribution in [3.63, 3.8) is 0 Å². The first-order valence-corrected chi connectivity index (χ1v) is 2.48. The van der Waals surface area contributed by atoms with Gasteiger partial charge in [0.1, 0.15) is 0 Å². The van der Waals surface area contributed by atoms with Gasteiger partial charge in [-0.05, 0) is 0 Å². The van der Waals surface area contributed by atoms with Gasteiger partial charge in [-0.1, -0.05) is 0 Å². The Kier molecular flexibility index (Phi) is 5.94. The smallest absolute Gasteiger partial charge is 0.0841 e. The summed E-state index contributed by atoms with van der Waals surface area (Å²) in [5.41, 5.74) is 0. The third-order valence-electron chi connectivity index (χ3n) is 0.687. The van der Waals surface area contributed by atoms with E-state index in [0.717, 1.165) is 6.54 Å². The normalized spacial score (nSPS) is 8.50. The molecule has 0 saturated heterocycles. The number of hydrogen-bond donors (Lipinski definition) is 1. The number of nitriles is 1. The van der Waals surface area contributed by atoms with E-state index in [4.69, 9.17) is 10.00 Å². The highest BCUT2D eigenvalue weighted by Crippen LogP contribution is 1.61. The van der Waals surface area contributed by atoms with Crippen molar-refractivity contribution < 1.29 is 4.74 Å². The van der Waals surface area contributed by atoms with E-state index >= 15 is 0 Å². The van der Waals surface area contributed by atoms with Gasteiger partial charge in [0.05, 0.1) is 19.2 Å². The fourth-order valence-electron chi connectivity index (χ4n) is 0.319. The topological polar surface area (TPSA) is 45.0 Å². The molecule has 0 radical (unpaired) electrons. The van der Waals surface area contributed by atoms with Crippen molar-refractivity contribution in [2.24, 2.45) is 0 Å². The van der Waals surface area contributed by atoms with Crippen molar-refractivity contribution in [3.05, 3.63) is 0 Å². The number of rotatable bonds is 4. The molecule has 0 aromatic rings. The fourth-order valence-corrected chi connectivity index (χ4v) is 0.319. The summed E-state index contributed by atoms with van der Waals surface area (Å²) in [7, 11) is 1.63. The van der Waals surface area contributed by atoms with Gasteiger partial charge in [0.2, 0.25) is 0 Å².